The van der Waals surface area contributed by atoms with Crippen LogP contribution >= 0.6 is 0 Å². The van der Waals surface area contributed by atoms with Gasteiger partial charge in [-0.1, -0.05) is 6.07 Å². The number of carboxylic acid groups (broad SMARTS) is 1. The van der Waals surface area contributed by atoms with E-state index in [1.54, 1.807) is 6.07 Å². The van der Waals surface area contributed by atoms with Crippen LogP contribution < -0.4 is 4.74 Å². The van der Waals surface area contributed by atoms with E-state index < -0.39 is 5.97 Å². The molecule has 1 N–H and O–H groups in total. The molecule has 1 aliphatic carbocycles. The molecule has 1 aliphatic rings. The molecule has 104 valence electrons. The summed E-state index contributed by atoms with van der Waals surface area (Å²) in [5, 5.41) is 8.78. The minimum atomic E-state index is -1.06. The summed E-state index contributed by atoms with van der Waals surface area (Å²) in [6.07, 6.45) is 4.75. The van der Waals surface area contributed by atoms with Crippen LogP contribution in [0.2, 0.25) is 0 Å². The Morgan fingerprint density at radius 1 is 1.15 bits per heavy atom. The largest absolute Gasteiger partial charge is 0.486 e. The maximum atomic E-state index is 10.7. The molecule has 0 unspecified atom stereocenters. The second-order valence-electron chi connectivity index (χ2n) is 5.00. The summed E-state index contributed by atoms with van der Waals surface area (Å²) < 4.78 is 10.8. The predicted octanol–water partition coefficient (Wildman–Crippen LogP) is 3.44. The van der Waals surface area contributed by atoms with Crippen molar-refractivity contribution in [3.05, 3.63) is 53.0 Å². The molecule has 0 fully saturated rings. The van der Waals surface area contributed by atoms with Crippen molar-refractivity contribution in [1.29, 1.82) is 0 Å². The summed E-state index contributed by atoms with van der Waals surface area (Å²) in [5.74, 6) is 0.193. The molecule has 4 heteroatoms. The molecule has 3 rings (SSSR count). The van der Waals surface area contributed by atoms with Gasteiger partial charge in [-0.25, -0.2) is 4.79 Å². The van der Waals surface area contributed by atoms with Crippen LogP contribution in [0.25, 0.3) is 0 Å². The van der Waals surface area contributed by atoms with Gasteiger partial charge in [0.15, 0.2) is 0 Å². The molecular weight excluding hydrogens is 256 g/mol. The third-order valence-corrected chi connectivity index (χ3v) is 3.57. The Balaban J connectivity index is 1.67. The fourth-order valence-corrected chi connectivity index (χ4v) is 2.52. The number of fused-ring (bicyclic) bond motifs is 1. The summed E-state index contributed by atoms with van der Waals surface area (Å²) in [5.41, 5.74) is 2.77. The quantitative estimate of drug-likeness (QED) is 0.926. The van der Waals surface area contributed by atoms with Crippen molar-refractivity contribution in [2.75, 3.05) is 0 Å². The Bertz CT molecular complexity index is 627. The Labute approximate surface area is 117 Å². The van der Waals surface area contributed by atoms with Crippen molar-refractivity contribution >= 4 is 5.97 Å². The van der Waals surface area contributed by atoms with Gasteiger partial charge in [-0.3, -0.25) is 0 Å². The van der Waals surface area contributed by atoms with Gasteiger partial charge in [0, 0.05) is 0 Å². The third-order valence-electron chi connectivity index (χ3n) is 3.57. The van der Waals surface area contributed by atoms with E-state index in [1.165, 1.54) is 30.0 Å². The number of aromatic carboxylic acids is 1. The molecule has 4 nitrogen and oxygen atoms in total. The van der Waals surface area contributed by atoms with Crippen molar-refractivity contribution in [2.45, 2.75) is 32.3 Å². The molecule has 0 amide bonds. The Morgan fingerprint density at radius 3 is 2.70 bits per heavy atom. The Morgan fingerprint density at radius 2 is 1.95 bits per heavy atom. The molecule has 0 bridgehead atoms. The minimum absolute atomic E-state index is 0.0611. The first-order valence-corrected chi connectivity index (χ1v) is 6.79. The zero-order valence-electron chi connectivity index (χ0n) is 11.1. The normalized spacial score (nSPS) is 13.8. The van der Waals surface area contributed by atoms with Gasteiger partial charge in [-0.15, -0.1) is 0 Å². The Hall–Kier alpha value is -2.23. The topological polar surface area (TPSA) is 59.7 Å². The highest BCUT2D eigenvalue weighted by Gasteiger charge is 2.11. The first kappa shape index (κ1) is 12.8. The van der Waals surface area contributed by atoms with E-state index in [1.807, 2.05) is 6.07 Å². The van der Waals surface area contributed by atoms with Crippen LogP contribution in [0.3, 0.4) is 0 Å². The van der Waals surface area contributed by atoms with E-state index in [4.69, 9.17) is 14.3 Å². The average Bonchev–Trinajstić information content (AvgIpc) is 2.94. The van der Waals surface area contributed by atoms with Crippen LogP contribution in [0.15, 0.2) is 34.7 Å². The standard InChI is InChI=1S/C16H16O4/c17-16(18)15-8-7-14(20-15)10-19-13-6-5-11-3-1-2-4-12(11)9-13/h5-9H,1-4,10H2,(H,17,18). The highest BCUT2D eigenvalue weighted by atomic mass is 16.5. The van der Waals surface area contributed by atoms with E-state index in [2.05, 4.69) is 12.1 Å². The number of rotatable bonds is 4. The van der Waals surface area contributed by atoms with Crippen LogP contribution in [-0.2, 0) is 19.4 Å². The summed E-state index contributed by atoms with van der Waals surface area (Å²) in [6, 6.07) is 9.23. The number of benzene rings is 1. The lowest BCUT2D eigenvalue weighted by Crippen LogP contribution is -2.03. The molecule has 1 aromatic heterocycles. The van der Waals surface area contributed by atoms with Gasteiger partial charge >= 0.3 is 5.97 Å². The zero-order valence-corrected chi connectivity index (χ0v) is 11.1. The lowest BCUT2D eigenvalue weighted by Gasteiger charge is -2.16. The zero-order chi connectivity index (χ0) is 13.9. The number of ether oxygens (including phenoxy) is 1. The third kappa shape index (κ3) is 2.69. The second kappa shape index (κ2) is 5.41. The van der Waals surface area contributed by atoms with Crippen molar-refractivity contribution < 1.29 is 19.1 Å². The van der Waals surface area contributed by atoms with Crippen molar-refractivity contribution in [3.8, 4) is 5.75 Å². The van der Waals surface area contributed by atoms with Crippen LogP contribution in [0.1, 0.15) is 40.3 Å². The number of hydrogen-bond donors (Lipinski definition) is 1. The lowest BCUT2D eigenvalue weighted by molar-refractivity contribution is 0.0658. The van der Waals surface area contributed by atoms with Gasteiger partial charge in [-0.05, 0) is 61.1 Å². The van der Waals surface area contributed by atoms with E-state index >= 15 is 0 Å². The van der Waals surface area contributed by atoms with Gasteiger partial charge in [0.2, 0.25) is 5.76 Å². The molecule has 0 atom stereocenters. The van der Waals surface area contributed by atoms with E-state index in [0.29, 0.717) is 5.76 Å². The minimum Gasteiger partial charge on any atom is -0.486 e. The van der Waals surface area contributed by atoms with E-state index in [-0.39, 0.29) is 12.4 Å². The van der Waals surface area contributed by atoms with Gasteiger partial charge in [0.05, 0.1) is 0 Å². The number of carboxylic acids is 1. The molecule has 0 aliphatic heterocycles. The van der Waals surface area contributed by atoms with Crippen LogP contribution in [0, 0.1) is 0 Å². The van der Waals surface area contributed by atoms with Crippen molar-refractivity contribution in [3.63, 3.8) is 0 Å². The summed E-state index contributed by atoms with van der Waals surface area (Å²) in [6.45, 7) is 0.242. The maximum Gasteiger partial charge on any atom is 0.371 e. The summed E-state index contributed by atoms with van der Waals surface area (Å²) >= 11 is 0. The maximum absolute atomic E-state index is 10.7. The average molecular weight is 272 g/mol. The van der Waals surface area contributed by atoms with Gasteiger partial charge in [-0.2, -0.15) is 0 Å². The van der Waals surface area contributed by atoms with Crippen LogP contribution in [0.5, 0.6) is 5.75 Å². The molecule has 0 spiro atoms. The second-order valence-corrected chi connectivity index (χ2v) is 5.00. The number of furan rings is 1. The first-order valence-electron chi connectivity index (χ1n) is 6.79. The van der Waals surface area contributed by atoms with Crippen molar-refractivity contribution in [2.24, 2.45) is 0 Å². The molecule has 20 heavy (non-hydrogen) atoms. The highest BCUT2D eigenvalue weighted by Crippen LogP contribution is 2.25. The SMILES string of the molecule is O=C(O)c1ccc(COc2ccc3c(c2)CCCC3)o1. The molecule has 1 heterocycles. The van der Waals surface area contributed by atoms with Gasteiger partial charge in [0.1, 0.15) is 18.1 Å². The predicted molar refractivity (Wildman–Crippen MR) is 73.1 cm³/mol. The molecule has 0 saturated carbocycles. The highest BCUT2D eigenvalue weighted by molar-refractivity contribution is 5.84. The monoisotopic (exact) mass is 272 g/mol. The first-order chi connectivity index (χ1) is 9.72. The summed E-state index contributed by atoms with van der Waals surface area (Å²) in [4.78, 5) is 10.7. The lowest BCUT2D eigenvalue weighted by atomic mass is 9.92. The number of aryl methyl sites for hydroxylation is 2. The smallest absolute Gasteiger partial charge is 0.371 e. The van der Waals surface area contributed by atoms with E-state index in [9.17, 15) is 4.79 Å². The van der Waals surface area contributed by atoms with Crippen molar-refractivity contribution in [1.82, 2.24) is 0 Å². The Kier molecular flexibility index (Phi) is 3.46. The van der Waals surface area contributed by atoms with E-state index in [0.717, 1.165) is 18.6 Å². The molecule has 0 saturated heterocycles. The van der Waals surface area contributed by atoms with Gasteiger partial charge in [0.25, 0.3) is 0 Å². The fourth-order valence-electron chi connectivity index (χ4n) is 2.52. The number of hydrogen-bond acceptors (Lipinski definition) is 3. The number of carbonyl (C=O) groups is 1. The van der Waals surface area contributed by atoms with Crippen LogP contribution in [0.4, 0.5) is 0 Å². The summed E-state index contributed by atoms with van der Waals surface area (Å²) in [7, 11) is 0. The molecule has 2 aromatic rings. The van der Waals surface area contributed by atoms with Crippen LogP contribution in [-0.4, -0.2) is 11.1 Å². The molecular formula is C16H16O4. The van der Waals surface area contributed by atoms with Gasteiger partial charge < -0.3 is 14.3 Å². The fraction of sp³-hybridized carbons (Fsp3) is 0.312. The molecule has 0 radical (unpaired) electrons. The molecule has 1 aromatic carbocycles.